The molecule has 0 spiro atoms. The molecule has 2 aromatic carbocycles. The van der Waals surface area contributed by atoms with Crippen LogP contribution in [0.2, 0.25) is 0 Å². The minimum atomic E-state index is -0.494. The van der Waals surface area contributed by atoms with Crippen LogP contribution in [-0.4, -0.2) is 47.8 Å². The number of piperazine rings is 1. The van der Waals surface area contributed by atoms with Gasteiger partial charge < -0.3 is 15.1 Å². The number of hydrogen-bond acceptors (Lipinski definition) is 6. The normalized spacial score (nSPS) is 16.3. The molecule has 1 saturated carbocycles. The predicted octanol–water partition coefficient (Wildman–Crippen LogP) is 3.56. The molecule has 2 aliphatic rings. The van der Waals surface area contributed by atoms with Crippen LogP contribution in [0.15, 0.2) is 42.5 Å². The van der Waals surface area contributed by atoms with Crippen molar-refractivity contribution in [1.82, 2.24) is 4.90 Å². The van der Waals surface area contributed by atoms with Crippen molar-refractivity contribution in [3.63, 3.8) is 0 Å². The third-order valence-corrected chi connectivity index (χ3v) is 6.32. The van der Waals surface area contributed by atoms with E-state index in [1.54, 1.807) is 30.3 Å². The van der Waals surface area contributed by atoms with Gasteiger partial charge >= 0.3 is 0 Å². The number of carbonyl (C=O) groups excluding carboxylic acids is 2. The van der Waals surface area contributed by atoms with Crippen LogP contribution in [0.1, 0.15) is 41.6 Å². The van der Waals surface area contributed by atoms with Gasteiger partial charge in [-0.3, -0.25) is 19.7 Å². The molecular formula is C24H25N5O4. The van der Waals surface area contributed by atoms with Crippen LogP contribution in [0.3, 0.4) is 0 Å². The van der Waals surface area contributed by atoms with E-state index in [4.69, 9.17) is 5.26 Å². The number of nitrogens with one attached hydrogen (secondary N) is 1. The first-order chi connectivity index (χ1) is 16.0. The highest BCUT2D eigenvalue weighted by Crippen LogP contribution is 2.32. The number of amides is 2. The van der Waals surface area contributed by atoms with E-state index in [2.05, 4.69) is 5.32 Å². The molecule has 0 atom stereocenters. The van der Waals surface area contributed by atoms with E-state index in [1.807, 2.05) is 15.9 Å². The molecule has 4 rings (SSSR count). The van der Waals surface area contributed by atoms with Gasteiger partial charge in [0.2, 0.25) is 5.91 Å². The van der Waals surface area contributed by atoms with Gasteiger partial charge in [-0.05, 0) is 43.2 Å². The maximum absolute atomic E-state index is 12.7. The lowest BCUT2D eigenvalue weighted by Gasteiger charge is -2.37. The Bertz CT molecular complexity index is 1110. The average Bonchev–Trinajstić information content (AvgIpc) is 3.38. The van der Waals surface area contributed by atoms with E-state index in [9.17, 15) is 19.7 Å². The highest BCUT2D eigenvalue weighted by molar-refractivity contribution is 6.05. The number of hydrogen-bond donors (Lipinski definition) is 1. The van der Waals surface area contributed by atoms with Crippen LogP contribution in [0.25, 0.3) is 0 Å². The van der Waals surface area contributed by atoms with Gasteiger partial charge in [0.25, 0.3) is 11.6 Å². The zero-order valence-corrected chi connectivity index (χ0v) is 18.2. The van der Waals surface area contributed by atoms with E-state index in [0.717, 1.165) is 25.7 Å². The van der Waals surface area contributed by atoms with Crippen molar-refractivity contribution in [1.29, 1.82) is 5.26 Å². The van der Waals surface area contributed by atoms with Crippen molar-refractivity contribution < 1.29 is 14.5 Å². The minimum Gasteiger partial charge on any atom is -0.362 e. The van der Waals surface area contributed by atoms with Gasteiger partial charge in [0, 0.05) is 49.4 Å². The van der Waals surface area contributed by atoms with E-state index in [1.165, 1.54) is 12.1 Å². The zero-order valence-electron chi connectivity index (χ0n) is 18.2. The summed E-state index contributed by atoms with van der Waals surface area (Å²) in [6.45, 7) is 2.07. The largest absolute Gasteiger partial charge is 0.362 e. The Kier molecular flexibility index (Phi) is 6.54. The lowest BCUT2D eigenvalue weighted by molar-refractivity contribution is -0.384. The van der Waals surface area contributed by atoms with Crippen LogP contribution in [0, 0.1) is 27.4 Å². The Labute approximate surface area is 191 Å². The highest BCUT2D eigenvalue weighted by Gasteiger charge is 2.31. The summed E-state index contributed by atoms with van der Waals surface area (Å²) >= 11 is 0. The lowest BCUT2D eigenvalue weighted by atomic mass is 10.1. The van der Waals surface area contributed by atoms with Crippen LogP contribution in [-0.2, 0) is 4.79 Å². The number of nitrogens with zero attached hydrogens (tertiary/aromatic N) is 4. The molecule has 0 radical (unpaired) electrons. The fourth-order valence-corrected chi connectivity index (χ4v) is 4.55. The van der Waals surface area contributed by atoms with Gasteiger partial charge in [-0.15, -0.1) is 0 Å². The Morgan fingerprint density at radius 3 is 2.45 bits per heavy atom. The zero-order chi connectivity index (χ0) is 23.4. The molecule has 2 amide bonds. The van der Waals surface area contributed by atoms with Crippen LogP contribution < -0.4 is 10.2 Å². The summed E-state index contributed by atoms with van der Waals surface area (Å²) in [5, 5.41) is 23.4. The van der Waals surface area contributed by atoms with Gasteiger partial charge in [0.15, 0.2) is 0 Å². The molecule has 9 nitrogen and oxygen atoms in total. The first-order valence-electron chi connectivity index (χ1n) is 11.1. The van der Waals surface area contributed by atoms with Crippen molar-refractivity contribution in [3.05, 3.63) is 63.7 Å². The van der Waals surface area contributed by atoms with Gasteiger partial charge in [0.1, 0.15) is 5.69 Å². The molecule has 33 heavy (non-hydrogen) atoms. The lowest BCUT2D eigenvalue weighted by Crippen LogP contribution is -2.50. The molecule has 1 aliphatic heterocycles. The Hall–Kier alpha value is -3.93. The molecule has 1 heterocycles. The maximum atomic E-state index is 12.7. The summed E-state index contributed by atoms with van der Waals surface area (Å²) in [4.78, 5) is 40.4. The Morgan fingerprint density at radius 1 is 1.06 bits per heavy atom. The van der Waals surface area contributed by atoms with Crippen LogP contribution in [0.5, 0.6) is 0 Å². The molecule has 0 bridgehead atoms. The third-order valence-electron chi connectivity index (χ3n) is 6.32. The van der Waals surface area contributed by atoms with Crippen molar-refractivity contribution >= 4 is 28.9 Å². The summed E-state index contributed by atoms with van der Waals surface area (Å²) in [6.07, 6.45) is 4.11. The number of anilines is 2. The first-order valence-corrected chi connectivity index (χ1v) is 11.1. The second-order valence-corrected chi connectivity index (χ2v) is 8.40. The third kappa shape index (κ3) is 4.95. The summed E-state index contributed by atoms with van der Waals surface area (Å²) in [6, 6.07) is 12.9. The second kappa shape index (κ2) is 9.69. The topological polar surface area (TPSA) is 120 Å². The standard InChI is InChI=1S/C24H25N5O4/c25-16-17-4-3-7-20(14-17)26-23(30)19-8-9-21(22(15-19)29(32)33)27-10-12-28(13-11-27)24(31)18-5-1-2-6-18/h3-4,7-9,14-15,18H,1-2,5-6,10-13H2,(H,26,30). The molecule has 2 aromatic rings. The quantitative estimate of drug-likeness (QED) is 0.553. The van der Waals surface area contributed by atoms with Gasteiger partial charge in [-0.25, -0.2) is 0 Å². The number of benzene rings is 2. The summed E-state index contributed by atoms with van der Waals surface area (Å²) in [5.74, 6) is -0.168. The van der Waals surface area contributed by atoms with Crippen LogP contribution in [0.4, 0.5) is 17.1 Å². The Morgan fingerprint density at radius 2 is 1.79 bits per heavy atom. The van der Waals surface area contributed by atoms with Crippen molar-refractivity contribution in [2.24, 2.45) is 5.92 Å². The molecular weight excluding hydrogens is 422 g/mol. The summed E-state index contributed by atoms with van der Waals surface area (Å²) in [7, 11) is 0. The SMILES string of the molecule is N#Cc1cccc(NC(=O)c2ccc(N3CCN(C(=O)C4CCCC4)CC3)c([N+](=O)[O-])c2)c1. The smallest absolute Gasteiger partial charge is 0.293 e. The number of nitro groups is 1. The number of nitriles is 1. The van der Waals surface area contributed by atoms with Gasteiger partial charge in [0.05, 0.1) is 16.6 Å². The van der Waals surface area contributed by atoms with Gasteiger partial charge in [-0.2, -0.15) is 5.26 Å². The fraction of sp³-hybridized carbons (Fsp3) is 0.375. The maximum Gasteiger partial charge on any atom is 0.293 e. The van der Waals surface area contributed by atoms with E-state index >= 15 is 0 Å². The summed E-state index contributed by atoms with van der Waals surface area (Å²) in [5.41, 5.74) is 1.29. The number of carbonyl (C=O) groups is 2. The molecule has 1 N–H and O–H groups in total. The van der Waals surface area contributed by atoms with Crippen molar-refractivity contribution in [2.45, 2.75) is 25.7 Å². The predicted molar refractivity (Wildman–Crippen MR) is 123 cm³/mol. The number of rotatable bonds is 5. The average molecular weight is 447 g/mol. The highest BCUT2D eigenvalue weighted by atomic mass is 16.6. The molecule has 1 saturated heterocycles. The molecule has 2 fully saturated rings. The van der Waals surface area contributed by atoms with Crippen LogP contribution >= 0.6 is 0 Å². The van der Waals surface area contributed by atoms with Crippen molar-refractivity contribution in [2.75, 3.05) is 36.4 Å². The van der Waals surface area contributed by atoms with E-state index in [-0.39, 0.29) is 23.1 Å². The molecule has 0 unspecified atom stereocenters. The van der Waals surface area contributed by atoms with E-state index < -0.39 is 10.8 Å². The van der Waals surface area contributed by atoms with Gasteiger partial charge in [-0.1, -0.05) is 18.9 Å². The molecule has 0 aromatic heterocycles. The van der Waals surface area contributed by atoms with Crippen molar-refractivity contribution in [3.8, 4) is 6.07 Å². The fourth-order valence-electron chi connectivity index (χ4n) is 4.55. The monoisotopic (exact) mass is 447 g/mol. The molecule has 9 heteroatoms. The summed E-state index contributed by atoms with van der Waals surface area (Å²) < 4.78 is 0. The number of nitro benzene ring substituents is 1. The minimum absolute atomic E-state index is 0.123. The first kappa shape index (κ1) is 22.3. The molecule has 1 aliphatic carbocycles. The molecule has 170 valence electrons. The second-order valence-electron chi connectivity index (χ2n) is 8.40. The Balaban J connectivity index is 1.46. The van der Waals surface area contributed by atoms with E-state index in [0.29, 0.717) is 43.1 Å².